The Morgan fingerprint density at radius 2 is 2.13 bits per heavy atom. The van der Waals surface area contributed by atoms with Crippen LogP contribution in [0.25, 0.3) is 0 Å². The number of hydrogen-bond donors (Lipinski definition) is 1. The zero-order valence-electron chi connectivity index (χ0n) is 9.60. The second-order valence-electron chi connectivity index (χ2n) is 5.55. The van der Waals surface area contributed by atoms with Crippen LogP contribution in [0.4, 0.5) is 5.69 Å². The number of hydrogen-bond acceptors (Lipinski definition) is 1. The van der Waals surface area contributed by atoms with E-state index < -0.39 is 0 Å². The molecular formula is C13H18ClN. The first-order valence-electron chi connectivity index (χ1n) is 5.50. The van der Waals surface area contributed by atoms with Gasteiger partial charge in [0.15, 0.2) is 0 Å². The lowest BCUT2D eigenvalue weighted by Crippen LogP contribution is -2.13. The van der Waals surface area contributed by atoms with Crippen LogP contribution >= 0.6 is 11.6 Å². The average Bonchev–Trinajstić information content (AvgIpc) is 2.48. The Balaban J connectivity index is 2.26. The molecule has 1 aromatic carbocycles. The van der Waals surface area contributed by atoms with Crippen LogP contribution in [0.1, 0.15) is 38.7 Å². The van der Waals surface area contributed by atoms with Gasteiger partial charge in [0, 0.05) is 12.5 Å². The molecule has 1 aromatic rings. The summed E-state index contributed by atoms with van der Waals surface area (Å²) in [5.41, 5.74) is 2.90. The molecule has 2 heteroatoms. The third-order valence-corrected chi connectivity index (χ3v) is 3.18. The Kier molecular flexibility index (Phi) is 2.68. The molecule has 82 valence electrons. The van der Waals surface area contributed by atoms with E-state index in [1.54, 1.807) is 0 Å². The number of halogens is 1. The zero-order valence-corrected chi connectivity index (χ0v) is 10.4. The van der Waals surface area contributed by atoms with Crippen LogP contribution in [-0.4, -0.2) is 6.54 Å². The number of fused-ring (bicyclic) bond motifs is 1. The molecule has 0 saturated carbocycles. The summed E-state index contributed by atoms with van der Waals surface area (Å²) in [6, 6.07) is 6.19. The van der Waals surface area contributed by atoms with Crippen LogP contribution in [0, 0.1) is 5.41 Å². The quantitative estimate of drug-likeness (QED) is 0.749. The fourth-order valence-electron chi connectivity index (χ4n) is 2.32. The summed E-state index contributed by atoms with van der Waals surface area (Å²) < 4.78 is 0. The van der Waals surface area contributed by atoms with E-state index in [-0.39, 0.29) is 0 Å². The van der Waals surface area contributed by atoms with E-state index in [1.807, 2.05) is 12.1 Å². The van der Waals surface area contributed by atoms with Gasteiger partial charge in [-0.1, -0.05) is 44.5 Å². The third kappa shape index (κ3) is 2.28. The SMILES string of the molecule is CC(C)(C)CC1CNc2c(Cl)cccc21. The van der Waals surface area contributed by atoms with Crippen LogP contribution in [-0.2, 0) is 0 Å². The lowest BCUT2D eigenvalue weighted by atomic mass is 9.82. The van der Waals surface area contributed by atoms with Gasteiger partial charge in [-0.3, -0.25) is 0 Å². The number of anilines is 1. The molecule has 0 spiro atoms. The van der Waals surface area contributed by atoms with Gasteiger partial charge in [-0.2, -0.15) is 0 Å². The summed E-state index contributed by atoms with van der Waals surface area (Å²) >= 11 is 6.14. The van der Waals surface area contributed by atoms with Crippen molar-refractivity contribution in [2.24, 2.45) is 5.41 Å². The number of para-hydroxylation sites is 1. The molecule has 1 heterocycles. The maximum Gasteiger partial charge on any atom is 0.0640 e. The topological polar surface area (TPSA) is 12.0 Å². The smallest absolute Gasteiger partial charge is 0.0640 e. The van der Waals surface area contributed by atoms with Crippen molar-refractivity contribution < 1.29 is 0 Å². The normalized spacial score (nSPS) is 19.9. The summed E-state index contributed by atoms with van der Waals surface area (Å²) in [6.07, 6.45) is 1.20. The van der Waals surface area contributed by atoms with E-state index in [2.05, 4.69) is 32.2 Å². The van der Waals surface area contributed by atoms with Crippen molar-refractivity contribution in [3.63, 3.8) is 0 Å². The average molecular weight is 224 g/mol. The molecule has 1 nitrogen and oxygen atoms in total. The largest absolute Gasteiger partial charge is 0.383 e. The second kappa shape index (κ2) is 3.71. The minimum absolute atomic E-state index is 0.371. The van der Waals surface area contributed by atoms with Crippen molar-refractivity contribution in [2.45, 2.75) is 33.1 Å². The van der Waals surface area contributed by atoms with Gasteiger partial charge in [-0.15, -0.1) is 0 Å². The van der Waals surface area contributed by atoms with E-state index in [0.29, 0.717) is 11.3 Å². The van der Waals surface area contributed by atoms with E-state index in [9.17, 15) is 0 Å². The zero-order chi connectivity index (χ0) is 11.1. The Bertz CT molecular complexity index is 365. The molecule has 1 unspecified atom stereocenters. The van der Waals surface area contributed by atoms with Crippen LogP contribution in [0.5, 0.6) is 0 Å². The van der Waals surface area contributed by atoms with Gasteiger partial charge in [0.2, 0.25) is 0 Å². The van der Waals surface area contributed by atoms with Crippen molar-refractivity contribution in [3.05, 3.63) is 28.8 Å². The molecule has 0 radical (unpaired) electrons. The van der Waals surface area contributed by atoms with Crippen molar-refractivity contribution in [1.29, 1.82) is 0 Å². The fraction of sp³-hybridized carbons (Fsp3) is 0.538. The molecule has 0 amide bonds. The molecule has 1 aliphatic heterocycles. The first-order valence-corrected chi connectivity index (χ1v) is 5.87. The summed E-state index contributed by atoms with van der Waals surface area (Å²) in [4.78, 5) is 0. The molecule has 1 atom stereocenters. The van der Waals surface area contributed by atoms with Crippen molar-refractivity contribution in [1.82, 2.24) is 0 Å². The molecule has 0 saturated heterocycles. The van der Waals surface area contributed by atoms with Crippen LogP contribution < -0.4 is 5.32 Å². The molecule has 1 aliphatic rings. The highest BCUT2D eigenvalue weighted by molar-refractivity contribution is 6.33. The third-order valence-electron chi connectivity index (χ3n) is 2.87. The first kappa shape index (κ1) is 10.8. The molecule has 1 N–H and O–H groups in total. The maximum absolute atomic E-state index is 6.14. The highest BCUT2D eigenvalue weighted by atomic mass is 35.5. The number of benzene rings is 1. The van der Waals surface area contributed by atoms with Crippen molar-refractivity contribution in [2.75, 3.05) is 11.9 Å². The maximum atomic E-state index is 6.14. The lowest BCUT2D eigenvalue weighted by Gasteiger charge is -2.22. The summed E-state index contributed by atoms with van der Waals surface area (Å²) in [5, 5.41) is 4.26. The molecule has 0 fully saturated rings. The predicted octanol–water partition coefficient (Wildman–Crippen LogP) is 4.29. The Morgan fingerprint density at radius 3 is 2.80 bits per heavy atom. The van der Waals surface area contributed by atoms with Crippen molar-refractivity contribution in [3.8, 4) is 0 Å². The van der Waals surface area contributed by atoms with Crippen LogP contribution in [0.2, 0.25) is 5.02 Å². The number of rotatable bonds is 1. The summed E-state index contributed by atoms with van der Waals surface area (Å²) in [7, 11) is 0. The Morgan fingerprint density at radius 1 is 1.40 bits per heavy atom. The van der Waals surface area contributed by atoms with Crippen LogP contribution in [0.3, 0.4) is 0 Å². The van der Waals surface area contributed by atoms with Gasteiger partial charge in [-0.05, 0) is 23.5 Å². The fourth-order valence-corrected chi connectivity index (χ4v) is 2.57. The molecule has 2 rings (SSSR count). The second-order valence-corrected chi connectivity index (χ2v) is 5.95. The lowest BCUT2D eigenvalue weighted by molar-refractivity contribution is 0.348. The monoisotopic (exact) mass is 223 g/mol. The highest BCUT2D eigenvalue weighted by Gasteiger charge is 2.27. The van der Waals surface area contributed by atoms with Gasteiger partial charge in [-0.25, -0.2) is 0 Å². The summed E-state index contributed by atoms with van der Waals surface area (Å²) in [5.74, 6) is 0.610. The molecule has 0 bridgehead atoms. The van der Waals surface area contributed by atoms with E-state index in [0.717, 1.165) is 17.3 Å². The minimum Gasteiger partial charge on any atom is -0.383 e. The molecule has 0 aromatic heterocycles. The molecular weight excluding hydrogens is 206 g/mol. The van der Waals surface area contributed by atoms with Crippen LogP contribution in [0.15, 0.2) is 18.2 Å². The van der Waals surface area contributed by atoms with E-state index in [4.69, 9.17) is 11.6 Å². The van der Waals surface area contributed by atoms with Gasteiger partial charge in [0.25, 0.3) is 0 Å². The Hall–Kier alpha value is -0.690. The molecule has 0 aliphatic carbocycles. The predicted molar refractivity (Wildman–Crippen MR) is 66.8 cm³/mol. The van der Waals surface area contributed by atoms with Gasteiger partial charge in [0.1, 0.15) is 0 Å². The van der Waals surface area contributed by atoms with Gasteiger partial charge in [0.05, 0.1) is 10.7 Å². The first-order chi connectivity index (χ1) is 6.97. The summed E-state index contributed by atoms with van der Waals surface area (Å²) in [6.45, 7) is 7.89. The van der Waals surface area contributed by atoms with Gasteiger partial charge < -0.3 is 5.32 Å². The molecule has 15 heavy (non-hydrogen) atoms. The number of nitrogens with one attached hydrogen (secondary N) is 1. The van der Waals surface area contributed by atoms with Gasteiger partial charge >= 0.3 is 0 Å². The minimum atomic E-state index is 0.371. The Labute approximate surface area is 96.8 Å². The van der Waals surface area contributed by atoms with E-state index in [1.165, 1.54) is 12.0 Å². The highest BCUT2D eigenvalue weighted by Crippen LogP contribution is 2.41. The van der Waals surface area contributed by atoms with Crippen molar-refractivity contribution >= 4 is 17.3 Å². The standard InChI is InChI=1S/C13H18ClN/c1-13(2,3)7-9-8-15-12-10(9)5-4-6-11(12)14/h4-6,9,15H,7-8H2,1-3H3. The van der Waals surface area contributed by atoms with E-state index >= 15 is 0 Å².